The van der Waals surface area contributed by atoms with E-state index in [-0.39, 0.29) is 0 Å². The van der Waals surface area contributed by atoms with E-state index in [2.05, 4.69) is 26.1 Å². The summed E-state index contributed by atoms with van der Waals surface area (Å²) in [6, 6.07) is 0. The van der Waals surface area contributed by atoms with E-state index in [1.54, 1.807) is 5.54 Å². The first-order valence-corrected chi connectivity index (χ1v) is 6.02. The van der Waals surface area contributed by atoms with Gasteiger partial charge in [-0.3, -0.25) is 0 Å². The van der Waals surface area contributed by atoms with Crippen LogP contribution in [-0.4, -0.2) is 13.1 Å². The number of rotatable bonds is 8. The van der Waals surface area contributed by atoms with Crippen LogP contribution in [0.15, 0.2) is 11.6 Å². The Labute approximate surface area is 93.9 Å². The molecule has 0 aliphatic carbocycles. The third kappa shape index (κ3) is 8.58. The number of unbranched alkanes of at least 4 members (excludes halogenated alkanes) is 2. The van der Waals surface area contributed by atoms with Crippen LogP contribution in [0.4, 0.5) is 0 Å². The van der Waals surface area contributed by atoms with Crippen LogP contribution in [0.25, 0.3) is 0 Å². The molecule has 0 aliphatic rings. The van der Waals surface area contributed by atoms with Gasteiger partial charge in [-0.15, -0.1) is 0 Å². The fourth-order valence-corrected chi connectivity index (χ4v) is 1.57. The van der Waals surface area contributed by atoms with E-state index in [4.69, 9.17) is 11.6 Å². The number of nitrogens with one attached hydrogen (secondary N) is 1. The van der Waals surface area contributed by atoms with Crippen LogP contribution in [0.1, 0.15) is 46.5 Å². The summed E-state index contributed by atoms with van der Waals surface area (Å²) in [7, 11) is 0. The molecule has 0 spiro atoms. The predicted octanol–water partition coefficient (Wildman–Crippen LogP) is 3.94. The minimum absolute atomic E-state index is 0.412. The molecule has 2 heteroatoms. The van der Waals surface area contributed by atoms with Gasteiger partial charge in [0.15, 0.2) is 0 Å². The highest BCUT2D eigenvalue weighted by Gasteiger charge is 2.15. The maximum Gasteiger partial charge on any atom is 0.0146 e. The summed E-state index contributed by atoms with van der Waals surface area (Å²) < 4.78 is 0. The maximum absolute atomic E-state index is 5.43. The molecule has 84 valence electrons. The van der Waals surface area contributed by atoms with Crippen LogP contribution in [0.5, 0.6) is 0 Å². The molecule has 0 aliphatic heterocycles. The Morgan fingerprint density at radius 2 is 2.00 bits per heavy atom. The van der Waals surface area contributed by atoms with Gasteiger partial charge in [-0.1, -0.05) is 57.7 Å². The molecule has 0 saturated heterocycles. The predicted molar refractivity (Wildman–Crippen MR) is 65.8 cm³/mol. The minimum Gasteiger partial charge on any atom is -0.313 e. The average Bonchev–Trinajstić information content (AvgIpc) is 2.13. The van der Waals surface area contributed by atoms with E-state index in [1.807, 2.05) is 6.08 Å². The third-order valence-corrected chi connectivity index (χ3v) is 2.59. The van der Waals surface area contributed by atoms with Gasteiger partial charge in [0.05, 0.1) is 0 Å². The summed E-state index contributed by atoms with van der Waals surface area (Å²) in [5.74, 6) is 0. The monoisotopic (exact) mass is 217 g/mol. The molecular formula is C12H24ClN. The lowest BCUT2D eigenvalue weighted by molar-refractivity contribution is 0.307. The number of halogens is 1. The topological polar surface area (TPSA) is 12.0 Å². The smallest absolute Gasteiger partial charge is 0.0146 e. The molecule has 0 saturated carbocycles. The van der Waals surface area contributed by atoms with Crippen molar-refractivity contribution in [2.24, 2.45) is 5.41 Å². The fraction of sp³-hybridized carbons (Fsp3) is 0.833. The molecule has 0 aromatic rings. The lowest BCUT2D eigenvalue weighted by atomic mass is 9.87. The second kappa shape index (κ2) is 8.31. The van der Waals surface area contributed by atoms with Crippen molar-refractivity contribution in [2.45, 2.75) is 46.5 Å². The highest BCUT2D eigenvalue weighted by Crippen LogP contribution is 2.22. The number of hydrogen-bond donors (Lipinski definition) is 1. The average molecular weight is 218 g/mol. The van der Waals surface area contributed by atoms with Crippen LogP contribution in [-0.2, 0) is 0 Å². The van der Waals surface area contributed by atoms with Crippen LogP contribution in [0.3, 0.4) is 0 Å². The summed E-state index contributed by atoms with van der Waals surface area (Å²) in [6.07, 6.45) is 7.24. The highest BCUT2D eigenvalue weighted by molar-refractivity contribution is 6.25. The van der Waals surface area contributed by atoms with Crippen LogP contribution in [0.2, 0.25) is 0 Å². The zero-order valence-electron chi connectivity index (χ0n) is 9.78. The van der Waals surface area contributed by atoms with Crippen molar-refractivity contribution in [1.82, 2.24) is 5.32 Å². The van der Waals surface area contributed by atoms with Gasteiger partial charge in [0, 0.05) is 18.6 Å². The Balaban J connectivity index is 3.50. The van der Waals surface area contributed by atoms with Gasteiger partial charge in [-0.2, -0.15) is 0 Å². The van der Waals surface area contributed by atoms with Crippen LogP contribution >= 0.6 is 11.6 Å². The van der Waals surface area contributed by atoms with Gasteiger partial charge in [-0.25, -0.2) is 0 Å². The Morgan fingerprint density at radius 1 is 1.29 bits per heavy atom. The molecule has 0 heterocycles. The van der Waals surface area contributed by atoms with Crippen molar-refractivity contribution >= 4 is 11.6 Å². The standard InChI is InChI=1S/C12H24ClN/c1-4-5-6-8-12(2,3)11-14-10-7-9-13/h7,9,14H,4-6,8,10-11H2,1-3H3/b9-7+. The SMILES string of the molecule is CCCCCC(C)(C)CNC/C=C/Cl. The number of hydrogen-bond acceptors (Lipinski definition) is 1. The molecule has 0 amide bonds. The van der Waals surface area contributed by atoms with Gasteiger partial charge in [0.2, 0.25) is 0 Å². The van der Waals surface area contributed by atoms with E-state index >= 15 is 0 Å². The van der Waals surface area contributed by atoms with Crippen molar-refractivity contribution in [3.05, 3.63) is 11.6 Å². The van der Waals surface area contributed by atoms with Crippen molar-refractivity contribution in [3.8, 4) is 0 Å². The summed E-state index contributed by atoms with van der Waals surface area (Å²) in [5, 5.41) is 3.38. The second-order valence-corrected chi connectivity index (χ2v) is 4.87. The lowest BCUT2D eigenvalue weighted by Crippen LogP contribution is -2.29. The second-order valence-electron chi connectivity index (χ2n) is 4.61. The van der Waals surface area contributed by atoms with Crippen molar-refractivity contribution in [1.29, 1.82) is 0 Å². The Morgan fingerprint density at radius 3 is 2.57 bits per heavy atom. The molecule has 1 nitrogen and oxygen atoms in total. The molecule has 0 fully saturated rings. The quantitative estimate of drug-likeness (QED) is 0.608. The van der Waals surface area contributed by atoms with E-state index in [9.17, 15) is 0 Å². The Bertz CT molecular complexity index is 152. The van der Waals surface area contributed by atoms with Gasteiger partial charge >= 0.3 is 0 Å². The van der Waals surface area contributed by atoms with E-state index in [0.29, 0.717) is 5.41 Å². The first kappa shape index (κ1) is 14.0. The van der Waals surface area contributed by atoms with Crippen molar-refractivity contribution in [3.63, 3.8) is 0 Å². The first-order valence-electron chi connectivity index (χ1n) is 5.58. The van der Waals surface area contributed by atoms with Gasteiger partial charge in [0.1, 0.15) is 0 Å². The minimum atomic E-state index is 0.412. The zero-order valence-corrected chi connectivity index (χ0v) is 10.5. The molecular weight excluding hydrogens is 194 g/mol. The largest absolute Gasteiger partial charge is 0.313 e. The molecule has 14 heavy (non-hydrogen) atoms. The summed E-state index contributed by atoms with van der Waals surface area (Å²) in [5.41, 5.74) is 1.98. The molecule has 0 rings (SSSR count). The van der Waals surface area contributed by atoms with E-state index < -0.39 is 0 Å². The van der Waals surface area contributed by atoms with Crippen molar-refractivity contribution < 1.29 is 0 Å². The van der Waals surface area contributed by atoms with Crippen molar-refractivity contribution in [2.75, 3.05) is 13.1 Å². The fourth-order valence-electron chi connectivity index (χ4n) is 1.48. The summed E-state index contributed by atoms with van der Waals surface area (Å²) in [4.78, 5) is 0. The van der Waals surface area contributed by atoms with Crippen LogP contribution < -0.4 is 5.32 Å². The molecule has 0 radical (unpaired) electrons. The Kier molecular flexibility index (Phi) is 8.30. The van der Waals surface area contributed by atoms with E-state index in [0.717, 1.165) is 13.1 Å². The van der Waals surface area contributed by atoms with E-state index in [1.165, 1.54) is 25.7 Å². The molecule has 0 unspecified atom stereocenters. The molecule has 0 bridgehead atoms. The van der Waals surface area contributed by atoms with Gasteiger partial charge < -0.3 is 5.32 Å². The molecule has 1 N–H and O–H groups in total. The normalized spacial score (nSPS) is 12.6. The lowest BCUT2D eigenvalue weighted by Gasteiger charge is -2.24. The molecule has 0 atom stereocenters. The molecule has 0 aromatic heterocycles. The maximum atomic E-state index is 5.43. The summed E-state index contributed by atoms with van der Waals surface area (Å²) in [6.45, 7) is 8.83. The molecule has 0 aromatic carbocycles. The van der Waals surface area contributed by atoms with Gasteiger partial charge in [0.25, 0.3) is 0 Å². The first-order chi connectivity index (χ1) is 6.62. The van der Waals surface area contributed by atoms with Crippen LogP contribution in [0, 0.1) is 5.41 Å². The zero-order chi connectivity index (χ0) is 10.9. The van der Waals surface area contributed by atoms with Gasteiger partial charge in [-0.05, 0) is 11.8 Å². The Hall–Kier alpha value is -0.0100. The highest BCUT2D eigenvalue weighted by atomic mass is 35.5. The summed E-state index contributed by atoms with van der Waals surface area (Å²) >= 11 is 5.43. The third-order valence-electron chi connectivity index (χ3n) is 2.41.